The molecule has 4 nitrogen and oxygen atoms in total. The summed E-state index contributed by atoms with van der Waals surface area (Å²) in [7, 11) is 0. The van der Waals surface area contributed by atoms with Gasteiger partial charge in [0.05, 0.1) is 5.56 Å². The minimum Gasteiger partial charge on any atom is -0.507 e. The Hall–Kier alpha value is -2.59. The zero-order valence-corrected chi connectivity index (χ0v) is 15.6. The second kappa shape index (κ2) is 7.57. The summed E-state index contributed by atoms with van der Waals surface area (Å²) in [5, 5.41) is 11.4. The molecule has 1 N–H and O–H groups in total. The fourth-order valence-corrected chi connectivity index (χ4v) is 4.21. The van der Waals surface area contributed by atoms with E-state index in [0.29, 0.717) is 23.7 Å². The Morgan fingerprint density at radius 3 is 2.74 bits per heavy atom. The molecule has 3 aromatic rings. The highest BCUT2D eigenvalue weighted by Gasteiger charge is 2.24. The Kier molecular flexibility index (Phi) is 4.99. The monoisotopic (exact) mass is 363 g/mol. The maximum absolute atomic E-state index is 12.3. The third kappa shape index (κ3) is 3.50. The minimum atomic E-state index is -0.390. The Morgan fingerprint density at radius 1 is 1.15 bits per heavy atom. The molecule has 0 aliphatic carbocycles. The zero-order valence-electron chi connectivity index (χ0n) is 15.6. The second-order valence-corrected chi connectivity index (χ2v) is 7.31. The highest BCUT2D eigenvalue weighted by Crippen LogP contribution is 2.35. The van der Waals surface area contributed by atoms with E-state index in [-0.39, 0.29) is 11.4 Å². The lowest BCUT2D eigenvalue weighted by molar-refractivity contribution is 0.135. The van der Waals surface area contributed by atoms with E-state index in [2.05, 4.69) is 11.8 Å². The third-order valence-corrected chi connectivity index (χ3v) is 5.66. The van der Waals surface area contributed by atoms with Crippen LogP contribution in [0.15, 0.2) is 57.7 Å². The Morgan fingerprint density at radius 2 is 1.96 bits per heavy atom. The fourth-order valence-electron chi connectivity index (χ4n) is 4.21. The summed E-state index contributed by atoms with van der Waals surface area (Å²) < 4.78 is 5.60. The molecule has 1 aromatic heterocycles. The van der Waals surface area contributed by atoms with Crippen molar-refractivity contribution in [2.24, 2.45) is 0 Å². The first kappa shape index (κ1) is 17.8. The number of aromatic hydroxyl groups is 1. The lowest BCUT2D eigenvalue weighted by Gasteiger charge is -2.35. The quantitative estimate of drug-likeness (QED) is 0.668. The van der Waals surface area contributed by atoms with Gasteiger partial charge in [-0.05, 0) is 49.1 Å². The van der Waals surface area contributed by atoms with Gasteiger partial charge < -0.3 is 9.52 Å². The molecule has 0 unspecified atom stereocenters. The molecule has 0 spiro atoms. The van der Waals surface area contributed by atoms with Crippen molar-refractivity contribution in [3.05, 3.63) is 64.5 Å². The summed E-state index contributed by atoms with van der Waals surface area (Å²) >= 11 is 0. The van der Waals surface area contributed by atoms with Gasteiger partial charge in [0.1, 0.15) is 11.3 Å². The van der Waals surface area contributed by atoms with Gasteiger partial charge in [0, 0.05) is 24.0 Å². The van der Waals surface area contributed by atoms with Crippen LogP contribution in [0.3, 0.4) is 0 Å². The van der Waals surface area contributed by atoms with Crippen molar-refractivity contribution in [3.8, 4) is 16.9 Å². The van der Waals surface area contributed by atoms with Crippen LogP contribution >= 0.6 is 0 Å². The number of phenols is 1. The van der Waals surface area contributed by atoms with Crippen molar-refractivity contribution >= 4 is 11.0 Å². The topological polar surface area (TPSA) is 53.7 Å². The maximum Gasteiger partial charge on any atom is 0.336 e. The van der Waals surface area contributed by atoms with Crippen LogP contribution < -0.4 is 5.63 Å². The minimum absolute atomic E-state index is 0.191. The number of hydrogen-bond donors (Lipinski definition) is 1. The SMILES string of the molecule is CC[C@@H]1CCCCN1Cc1c(O)ccc2c(-c3ccccc3)cc(=O)oc12. The van der Waals surface area contributed by atoms with Crippen LogP contribution in [0.1, 0.15) is 38.2 Å². The largest absolute Gasteiger partial charge is 0.507 e. The van der Waals surface area contributed by atoms with Crippen LogP contribution in [0.25, 0.3) is 22.1 Å². The number of nitrogens with zero attached hydrogens (tertiary/aromatic N) is 1. The number of rotatable bonds is 4. The summed E-state index contributed by atoms with van der Waals surface area (Å²) in [6.45, 7) is 3.82. The number of benzene rings is 2. The van der Waals surface area contributed by atoms with Crippen LogP contribution in [0.4, 0.5) is 0 Å². The van der Waals surface area contributed by atoms with Crippen molar-refractivity contribution in [2.75, 3.05) is 6.54 Å². The first-order valence-electron chi connectivity index (χ1n) is 9.75. The van der Waals surface area contributed by atoms with E-state index in [1.54, 1.807) is 6.07 Å². The van der Waals surface area contributed by atoms with Gasteiger partial charge in [-0.25, -0.2) is 4.79 Å². The molecule has 1 aliphatic heterocycles. The number of phenolic OH excluding ortho intramolecular Hbond substituents is 1. The van der Waals surface area contributed by atoms with E-state index >= 15 is 0 Å². The first-order chi connectivity index (χ1) is 13.2. The summed E-state index contributed by atoms with van der Waals surface area (Å²) in [5.74, 6) is 0.191. The molecule has 2 aromatic carbocycles. The van der Waals surface area contributed by atoms with Crippen molar-refractivity contribution in [1.29, 1.82) is 0 Å². The lowest BCUT2D eigenvalue weighted by atomic mass is 9.97. The van der Waals surface area contributed by atoms with Crippen LogP contribution in [0.5, 0.6) is 5.75 Å². The van der Waals surface area contributed by atoms with Gasteiger partial charge in [0.15, 0.2) is 0 Å². The van der Waals surface area contributed by atoms with Gasteiger partial charge in [-0.2, -0.15) is 0 Å². The van der Waals surface area contributed by atoms with E-state index in [0.717, 1.165) is 29.5 Å². The van der Waals surface area contributed by atoms with Crippen molar-refractivity contribution in [1.82, 2.24) is 4.90 Å². The van der Waals surface area contributed by atoms with Crippen LogP contribution in [0, 0.1) is 0 Å². The van der Waals surface area contributed by atoms with Crippen LogP contribution in [-0.2, 0) is 6.54 Å². The highest BCUT2D eigenvalue weighted by molar-refractivity contribution is 5.95. The van der Waals surface area contributed by atoms with Gasteiger partial charge in [0.2, 0.25) is 0 Å². The second-order valence-electron chi connectivity index (χ2n) is 7.31. The number of likely N-dealkylation sites (tertiary alicyclic amines) is 1. The van der Waals surface area contributed by atoms with Crippen LogP contribution in [-0.4, -0.2) is 22.6 Å². The normalized spacial score (nSPS) is 18.0. The Labute approximate surface area is 159 Å². The summed E-state index contributed by atoms with van der Waals surface area (Å²) in [6.07, 6.45) is 4.69. The molecule has 1 fully saturated rings. The van der Waals surface area contributed by atoms with E-state index in [1.807, 2.05) is 36.4 Å². The summed E-state index contributed by atoms with van der Waals surface area (Å²) in [4.78, 5) is 14.7. The molecule has 2 heterocycles. The molecule has 1 aliphatic rings. The summed E-state index contributed by atoms with van der Waals surface area (Å²) in [5.41, 5.74) is 2.63. The van der Waals surface area contributed by atoms with Crippen molar-refractivity contribution < 1.29 is 9.52 Å². The fraction of sp³-hybridized carbons (Fsp3) is 0.348. The highest BCUT2D eigenvalue weighted by atomic mass is 16.4. The molecule has 0 bridgehead atoms. The van der Waals surface area contributed by atoms with Gasteiger partial charge in [-0.15, -0.1) is 0 Å². The predicted octanol–water partition coefficient (Wildman–Crippen LogP) is 4.93. The van der Waals surface area contributed by atoms with E-state index in [4.69, 9.17) is 4.42 Å². The zero-order chi connectivity index (χ0) is 18.8. The molecule has 140 valence electrons. The molecule has 4 heteroatoms. The first-order valence-corrected chi connectivity index (χ1v) is 9.75. The molecule has 27 heavy (non-hydrogen) atoms. The van der Waals surface area contributed by atoms with Gasteiger partial charge in [-0.1, -0.05) is 43.7 Å². The molecular formula is C23H25NO3. The maximum atomic E-state index is 12.3. The molecule has 1 atom stereocenters. The van der Waals surface area contributed by atoms with E-state index in [9.17, 15) is 9.90 Å². The average molecular weight is 363 g/mol. The number of hydrogen-bond acceptors (Lipinski definition) is 4. The van der Waals surface area contributed by atoms with Crippen molar-refractivity contribution in [3.63, 3.8) is 0 Å². The molecule has 0 saturated carbocycles. The van der Waals surface area contributed by atoms with Gasteiger partial charge in [0.25, 0.3) is 0 Å². The van der Waals surface area contributed by atoms with Gasteiger partial charge in [-0.3, -0.25) is 4.90 Å². The van der Waals surface area contributed by atoms with E-state index < -0.39 is 0 Å². The Balaban J connectivity index is 1.85. The van der Waals surface area contributed by atoms with E-state index in [1.165, 1.54) is 25.3 Å². The third-order valence-electron chi connectivity index (χ3n) is 5.66. The molecular weight excluding hydrogens is 338 g/mol. The smallest absolute Gasteiger partial charge is 0.336 e. The van der Waals surface area contributed by atoms with Gasteiger partial charge >= 0.3 is 5.63 Å². The standard InChI is InChI=1S/C23H25NO3/c1-2-17-10-6-7-13-24(17)15-20-21(25)12-11-18-19(14-22(26)27-23(18)20)16-8-4-3-5-9-16/h3-5,8-9,11-12,14,17,25H,2,6-7,10,13,15H2,1H3/t17-/m1/s1. The summed E-state index contributed by atoms with van der Waals surface area (Å²) in [6, 6.07) is 15.4. The molecule has 1 saturated heterocycles. The van der Waals surface area contributed by atoms with Crippen molar-refractivity contribution in [2.45, 2.75) is 45.2 Å². The van der Waals surface area contributed by atoms with Crippen LogP contribution in [0.2, 0.25) is 0 Å². The Bertz CT molecular complexity index is 994. The lowest BCUT2D eigenvalue weighted by Crippen LogP contribution is -2.38. The number of piperidine rings is 1. The molecule has 0 amide bonds. The molecule has 0 radical (unpaired) electrons. The average Bonchev–Trinajstić information content (AvgIpc) is 2.70. The number of fused-ring (bicyclic) bond motifs is 1. The molecule has 4 rings (SSSR count). The predicted molar refractivity (Wildman–Crippen MR) is 108 cm³/mol.